The number of allylic oxidation sites excluding steroid dienone is 9. The van der Waals surface area contributed by atoms with E-state index in [0.29, 0.717) is 6.42 Å². The number of hydrogen-bond donors (Lipinski definition) is 0. The number of likely N-dealkylation sites (N-methyl/N-ethyl adjacent to an activating group) is 1. The normalized spacial score (nSPS) is 13.5. The number of ether oxygens (including phenoxy) is 3. The smallest absolute Gasteiger partial charge is 0.310 e. The summed E-state index contributed by atoms with van der Waals surface area (Å²) in [5, 5.41) is 11.6. The van der Waals surface area contributed by atoms with E-state index in [1.54, 1.807) is 27.2 Å². The number of esters is 2. The zero-order valence-electron chi connectivity index (χ0n) is 35.8. The summed E-state index contributed by atoms with van der Waals surface area (Å²) in [6.45, 7) is 4.41. The predicted octanol–water partition coefficient (Wildman–Crippen LogP) is 10.5. The Hall–Kier alpha value is -2.97. The number of carbonyl (C=O) groups excluding carboxylic acids is 3. The summed E-state index contributed by atoms with van der Waals surface area (Å²) in [6, 6.07) is -0.741. The van der Waals surface area contributed by atoms with Crippen LogP contribution in [0.2, 0.25) is 0 Å². The molecule has 0 rings (SSSR count). The maximum atomic E-state index is 12.6. The van der Waals surface area contributed by atoms with Crippen molar-refractivity contribution in [2.24, 2.45) is 0 Å². The minimum atomic E-state index is -1.14. The molecule has 8 nitrogen and oxygen atoms in total. The Morgan fingerprint density at radius 1 is 0.582 bits per heavy atom. The summed E-state index contributed by atoms with van der Waals surface area (Å²) in [5.41, 5.74) is 0. The molecule has 0 heterocycles. The third-order valence-corrected chi connectivity index (χ3v) is 9.42. The molecule has 0 amide bonds. The molecule has 0 aromatic heterocycles. The molecule has 0 N–H and O–H groups in total. The van der Waals surface area contributed by atoms with E-state index in [1.807, 2.05) is 12.2 Å². The molecule has 2 atom stereocenters. The average Bonchev–Trinajstić information content (AvgIpc) is 3.14. The van der Waals surface area contributed by atoms with Gasteiger partial charge in [-0.2, -0.15) is 0 Å². The van der Waals surface area contributed by atoms with Crippen LogP contribution in [-0.4, -0.2) is 75.5 Å². The minimum Gasteiger partial charge on any atom is -0.544 e. The number of nitrogens with zero attached hydrogens (tertiary/aromatic N) is 1. The third kappa shape index (κ3) is 36.4. The average molecular weight is 772 g/mol. The molecule has 0 aliphatic rings. The fraction of sp³-hybridized carbons (Fsp3) is 0.723. The second-order valence-corrected chi connectivity index (χ2v) is 15.6. The van der Waals surface area contributed by atoms with Gasteiger partial charge < -0.3 is 28.6 Å². The fourth-order valence-corrected chi connectivity index (χ4v) is 6.05. The molecular weight excluding hydrogens is 691 g/mol. The molecule has 0 bridgehead atoms. The van der Waals surface area contributed by atoms with E-state index in [9.17, 15) is 19.5 Å². The summed E-state index contributed by atoms with van der Waals surface area (Å²) < 4.78 is 17.0. The van der Waals surface area contributed by atoms with E-state index in [4.69, 9.17) is 14.2 Å². The van der Waals surface area contributed by atoms with Gasteiger partial charge in [-0.3, -0.25) is 9.59 Å². The van der Waals surface area contributed by atoms with Crippen LogP contribution < -0.4 is 5.11 Å². The third-order valence-electron chi connectivity index (χ3n) is 9.42. The number of quaternary nitrogens is 1. The first-order valence-corrected chi connectivity index (χ1v) is 21.8. The van der Waals surface area contributed by atoms with Gasteiger partial charge in [0.1, 0.15) is 12.6 Å². The first-order valence-electron chi connectivity index (χ1n) is 21.8. The topological polar surface area (TPSA) is 102 Å². The second kappa shape index (κ2) is 37.9. The summed E-state index contributed by atoms with van der Waals surface area (Å²) in [7, 11) is 5.36. The molecule has 316 valence electrons. The Kier molecular flexibility index (Phi) is 35.9. The Balaban J connectivity index is 4.27. The maximum absolute atomic E-state index is 12.6. The van der Waals surface area contributed by atoms with Crippen LogP contribution in [0.15, 0.2) is 60.8 Å². The van der Waals surface area contributed by atoms with E-state index in [2.05, 4.69) is 56.4 Å². The van der Waals surface area contributed by atoms with Crippen molar-refractivity contribution in [2.75, 3.05) is 41.0 Å². The molecule has 0 radical (unpaired) electrons. The van der Waals surface area contributed by atoms with Gasteiger partial charge in [0.25, 0.3) is 0 Å². The van der Waals surface area contributed by atoms with Crippen molar-refractivity contribution in [1.29, 1.82) is 0 Å². The highest BCUT2D eigenvalue weighted by molar-refractivity contribution is 5.71. The Morgan fingerprint density at radius 3 is 1.60 bits per heavy atom. The number of aliphatic carboxylic acids is 1. The molecule has 8 heteroatoms. The highest BCUT2D eigenvalue weighted by Gasteiger charge is 2.25. The number of carboxylic acids is 1. The van der Waals surface area contributed by atoms with Crippen LogP contribution in [0.3, 0.4) is 0 Å². The lowest BCUT2D eigenvalue weighted by molar-refractivity contribution is -0.889. The van der Waals surface area contributed by atoms with Crippen molar-refractivity contribution in [3.05, 3.63) is 60.8 Å². The first-order chi connectivity index (χ1) is 26.6. The Bertz CT molecular complexity index is 1090. The van der Waals surface area contributed by atoms with Crippen LogP contribution in [0.4, 0.5) is 0 Å². The lowest BCUT2D eigenvalue weighted by atomic mass is 10.1. The van der Waals surface area contributed by atoms with Crippen LogP contribution in [0.25, 0.3) is 0 Å². The number of unbranched alkanes of at least 4 members (excludes halogenated alkanes) is 15. The predicted molar refractivity (Wildman–Crippen MR) is 226 cm³/mol. The van der Waals surface area contributed by atoms with Crippen LogP contribution in [-0.2, 0) is 28.6 Å². The summed E-state index contributed by atoms with van der Waals surface area (Å²) in [4.78, 5) is 36.6. The second-order valence-electron chi connectivity index (χ2n) is 15.6. The largest absolute Gasteiger partial charge is 0.544 e. The van der Waals surface area contributed by atoms with Crippen molar-refractivity contribution in [2.45, 2.75) is 180 Å². The van der Waals surface area contributed by atoms with Crippen molar-refractivity contribution in [1.82, 2.24) is 0 Å². The highest BCUT2D eigenvalue weighted by Crippen LogP contribution is 2.13. The summed E-state index contributed by atoms with van der Waals surface area (Å²) in [5.74, 6) is -1.90. The van der Waals surface area contributed by atoms with Gasteiger partial charge in [0.15, 0.2) is 6.10 Å². The molecule has 0 fully saturated rings. The van der Waals surface area contributed by atoms with Crippen molar-refractivity contribution in [3.8, 4) is 0 Å². The van der Waals surface area contributed by atoms with Crippen LogP contribution in [0.1, 0.15) is 168 Å². The van der Waals surface area contributed by atoms with Gasteiger partial charge >= 0.3 is 11.9 Å². The molecule has 0 saturated carbocycles. The van der Waals surface area contributed by atoms with Crippen LogP contribution >= 0.6 is 0 Å². The van der Waals surface area contributed by atoms with Gasteiger partial charge in [-0.1, -0.05) is 152 Å². The standard InChI is InChI=1S/C47H81NO7/c1-6-8-10-12-14-16-17-18-19-20-21-22-23-24-25-26-27-28-30-31-33-35-37-45(49)54-42-43(41-53-40-39-44(47(51)52)48(3,4)5)55-46(50)38-36-34-32-29-15-13-11-9-7-2/h9,11,15,20-21,23-24,29,34,36,43-44H,6-8,10,12-14,16-19,22,25-28,30-33,35,37-42H2,1-5H3/b11-9+,21-20+,24-23+,29-15+,36-34+. The molecule has 0 aliphatic heterocycles. The van der Waals surface area contributed by atoms with Gasteiger partial charge in [-0.15, -0.1) is 0 Å². The van der Waals surface area contributed by atoms with Gasteiger partial charge in [0.05, 0.1) is 46.7 Å². The molecule has 0 spiro atoms. The first kappa shape index (κ1) is 52.0. The van der Waals surface area contributed by atoms with Gasteiger partial charge in [-0.25, -0.2) is 0 Å². The molecule has 0 aromatic carbocycles. The molecular formula is C47H81NO7. The van der Waals surface area contributed by atoms with E-state index in [0.717, 1.165) is 51.4 Å². The van der Waals surface area contributed by atoms with E-state index in [-0.39, 0.29) is 43.1 Å². The Morgan fingerprint density at radius 2 is 1.07 bits per heavy atom. The fourth-order valence-electron chi connectivity index (χ4n) is 6.05. The lowest BCUT2D eigenvalue weighted by Crippen LogP contribution is -2.55. The SMILES string of the molecule is CC/C=C/C/C=C/C/C=C/CC(=O)OC(COCCC(C(=O)[O-])[N+](C)(C)C)COC(=O)CCCCCCCCC/C=C/C/C=C/CCCCCCCCCC. The molecule has 0 aliphatic carbocycles. The molecule has 55 heavy (non-hydrogen) atoms. The number of carbonyl (C=O) groups is 3. The molecule has 0 aromatic rings. The number of hydrogen-bond acceptors (Lipinski definition) is 7. The lowest BCUT2D eigenvalue weighted by Gasteiger charge is -2.34. The number of rotatable bonds is 38. The van der Waals surface area contributed by atoms with Crippen molar-refractivity contribution >= 4 is 17.9 Å². The summed E-state index contributed by atoms with van der Waals surface area (Å²) >= 11 is 0. The number of carboxylic acid groups (broad SMARTS) is 1. The monoisotopic (exact) mass is 772 g/mol. The van der Waals surface area contributed by atoms with Crippen molar-refractivity contribution < 1.29 is 38.2 Å². The minimum absolute atomic E-state index is 0.0000986. The highest BCUT2D eigenvalue weighted by atomic mass is 16.6. The van der Waals surface area contributed by atoms with Gasteiger partial charge in [-0.05, 0) is 57.8 Å². The Labute approximate surface area is 337 Å². The van der Waals surface area contributed by atoms with Gasteiger partial charge in [0.2, 0.25) is 0 Å². The van der Waals surface area contributed by atoms with Crippen molar-refractivity contribution in [3.63, 3.8) is 0 Å². The van der Waals surface area contributed by atoms with E-state index < -0.39 is 24.1 Å². The van der Waals surface area contributed by atoms with Crippen LogP contribution in [0, 0.1) is 0 Å². The quantitative estimate of drug-likeness (QED) is 0.0266. The summed E-state index contributed by atoms with van der Waals surface area (Å²) in [6.07, 6.45) is 45.9. The molecule has 2 unspecified atom stereocenters. The van der Waals surface area contributed by atoms with Crippen LogP contribution in [0.5, 0.6) is 0 Å². The van der Waals surface area contributed by atoms with E-state index in [1.165, 1.54) is 83.5 Å². The zero-order chi connectivity index (χ0) is 40.7. The zero-order valence-corrected chi connectivity index (χ0v) is 35.8. The maximum Gasteiger partial charge on any atom is 0.310 e. The van der Waals surface area contributed by atoms with Gasteiger partial charge in [0, 0.05) is 12.8 Å². The molecule has 0 saturated heterocycles. The van der Waals surface area contributed by atoms with E-state index >= 15 is 0 Å².